The van der Waals surface area contributed by atoms with Crippen molar-refractivity contribution in [3.05, 3.63) is 0 Å². The molecule has 1 saturated carbocycles. The molecule has 0 spiro atoms. The van der Waals surface area contributed by atoms with Crippen LogP contribution in [0.4, 0.5) is 0 Å². The summed E-state index contributed by atoms with van der Waals surface area (Å²) in [6, 6.07) is 0. The fourth-order valence-electron chi connectivity index (χ4n) is 2.38. The Kier molecular flexibility index (Phi) is 2.98. The fourth-order valence-corrected chi connectivity index (χ4v) is 2.38. The Hall–Kier alpha value is 0. The molecule has 1 unspecified atom stereocenters. The Bertz CT molecular complexity index is 113. The monoisotopic (exact) mass is 154 g/mol. The lowest BCUT2D eigenvalue weighted by molar-refractivity contribution is 0.241. The van der Waals surface area contributed by atoms with E-state index in [1.54, 1.807) is 0 Å². The summed E-state index contributed by atoms with van der Waals surface area (Å²) in [7, 11) is 0. The SMILES string of the molecule is CCCCC1CCCC1(C)C. The molecule has 0 heterocycles. The largest absolute Gasteiger partial charge is 0.0654 e. The zero-order valence-electron chi connectivity index (χ0n) is 8.32. The van der Waals surface area contributed by atoms with E-state index in [-0.39, 0.29) is 0 Å². The van der Waals surface area contributed by atoms with Crippen molar-refractivity contribution in [3.8, 4) is 0 Å². The molecular weight excluding hydrogens is 132 g/mol. The zero-order chi connectivity index (χ0) is 8.32. The van der Waals surface area contributed by atoms with Gasteiger partial charge in [0.25, 0.3) is 0 Å². The van der Waals surface area contributed by atoms with E-state index < -0.39 is 0 Å². The van der Waals surface area contributed by atoms with Crippen LogP contribution >= 0.6 is 0 Å². The van der Waals surface area contributed by atoms with Crippen molar-refractivity contribution < 1.29 is 0 Å². The van der Waals surface area contributed by atoms with E-state index in [0.717, 1.165) is 5.92 Å². The van der Waals surface area contributed by atoms with Crippen LogP contribution in [-0.4, -0.2) is 0 Å². The number of hydrogen-bond donors (Lipinski definition) is 0. The van der Waals surface area contributed by atoms with Gasteiger partial charge in [-0.3, -0.25) is 0 Å². The summed E-state index contributed by atoms with van der Waals surface area (Å²) >= 11 is 0. The van der Waals surface area contributed by atoms with Gasteiger partial charge >= 0.3 is 0 Å². The third kappa shape index (κ3) is 2.21. The number of hydrogen-bond acceptors (Lipinski definition) is 0. The minimum Gasteiger partial charge on any atom is -0.0654 e. The molecule has 1 aliphatic rings. The first-order valence-electron chi connectivity index (χ1n) is 5.17. The van der Waals surface area contributed by atoms with E-state index in [2.05, 4.69) is 20.8 Å². The van der Waals surface area contributed by atoms with Gasteiger partial charge in [-0.15, -0.1) is 0 Å². The van der Waals surface area contributed by atoms with Crippen LogP contribution < -0.4 is 0 Å². The highest BCUT2D eigenvalue weighted by Gasteiger charge is 2.33. The Morgan fingerprint density at radius 1 is 1.36 bits per heavy atom. The van der Waals surface area contributed by atoms with Crippen molar-refractivity contribution in [2.24, 2.45) is 11.3 Å². The molecule has 11 heavy (non-hydrogen) atoms. The van der Waals surface area contributed by atoms with Gasteiger partial charge in [-0.1, -0.05) is 40.0 Å². The molecule has 0 nitrogen and oxygen atoms in total. The molecule has 0 heteroatoms. The lowest BCUT2D eigenvalue weighted by Crippen LogP contribution is -2.16. The molecule has 0 amide bonds. The van der Waals surface area contributed by atoms with Crippen LogP contribution in [0.25, 0.3) is 0 Å². The summed E-state index contributed by atoms with van der Waals surface area (Å²) in [5, 5.41) is 0. The van der Waals surface area contributed by atoms with Crippen LogP contribution in [0.2, 0.25) is 0 Å². The number of unbranched alkanes of at least 4 members (excludes halogenated alkanes) is 1. The van der Waals surface area contributed by atoms with Gasteiger partial charge in [-0.2, -0.15) is 0 Å². The predicted octanol–water partition coefficient (Wildman–Crippen LogP) is 4.00. The Labute approximate surface area is 71.4 Å². The normalized spacial score (nSPS) is 29.2. The average Bonchev–Trinajstić information content (AvgIpc) is 2.25. The van der Waals surface area contributed by atoms with Gasteiger partial charge in [-0.25, -0.2) is 0 Å². The second kappa shape index (κ2) is 3.60. The Morgan fingerprint density at radius 3 is 2.55 bits per heavy atom. The minimum absolute atomic E-state index is 0.662. The van der Waals surface area contributed by atoms with E-state index in [1.807, 2.05) is 0 Å². The third-order valence-electron chi connectivity index (χ3n) is 3.39. The molecule has 0 radical (unpaired) electrons. The maximum atomic E-state index is 2.44. The zero-order valence-corrected chi connectivity index (χ0v) is 8.32. The van der Waals surface area contributed by atoms with Crippen LogP contribution in [0.5, 0.6) is 0 Å². The quantitative estimate of drug-likeness (QED) is 0.576. The lowest BCUT2D eigenvalue weighted by atomic mass is 9.79. The van der Waals surface area contributed by atoms with E-state index in [0.29, 0.717) is 5.41 Å². The third-order valence-corrected chi connectivity index (χ3v) is 3.39. The van der Waals surface area contributed by atoms with Crippen molar-refractivity contribution in [2.75, 3.05) is 0 Å². The van der Waals surface area contributed by atoms with Gasteiger partial charge in [0.1, 0.15) is 0 Å². The molecule has 0 N–H and O–H groups in total. The topological polar surface area (TPSA) is 0 Å². The summed E-state index contributed by atoms with van der Waals surface area (Å²) in [5.41, 5.74) is 0.662. The molecule has 1 aliphatic carbocycles. The molecular formula is C11H22. The molecule has 1 rings (SSSR count). The Balaban J connectivity index is 2.32. The average molecular weight is 154 g/mol. The van der Waals surface area contributed by atoms with Gasteiger partial charge in [0.15, 0.2) is 0 Å². The molecule has 1 atom stereocenters. The highest BCUT2D eigenvalue weighted by Crippen LogP contribution is 2.44. The maximum Gasteiger partial charge on any atom is -0.0326 e. The lowest BCUT2D eigenvalue weighted by Gasteiger charge is -2.26. The highest BCUT2D eigenvalue weighted by molar-refractivity contribution is 4.84. The van der Waals surface area contributed by atoms with E-state index in [4.69, 9.17) is 0 Å². The highest BCUT2D eigenvalue weighted by atomic mass is 14.4. The summed E-state index contributed by atoms with van der Waals surface area (Å²) in [4.78, 5) is 0. The molecule has 0 aromatic rings. The maximum absolute atomic E-state index is 2.44. The Morgan fingerprint density at radius 2 is 2.09 bits per heavy atom. The number of rotatable bonds is 3. The van der Waals surface area contributed by atoms with Gasteiger partial charge in [0.05, 0.1) is 0 Å². The smallest absolute Gasteiger partial charge is 0.0326 e. The van der Waals surface area contributed by atoms with Crippen LogP contribution in [0.3, 0.4) is 0 Å². The van der Waals surface area contributed by atoms with Gasteiger partial charge in [0, 0.05) is 0 Å². The van der Waals surface area contributed by atoms with Crippen LogP contribution in [-0.2, 0) is 0 Å². The summed E-state index contributed by atoms with van der Waals surface area (Å²) in [5.74, 6) is 1.03. The first-order valence-corrected chi connectivity index (χ1v) is 5.17. The molecule has 0 aliphatic heterocycles. The fraction of sp³-hybridized carbons (Fsp3) is 1.00. The molecule has 0 bridgehead atoms. The summed E-state index contributed by atoms with van der Waals surface area (Å²) in [6.07, 6.45) is 8.71. The van der Waals surface area contributed by atoms with E-state index in [9.17, 15) is 0 Å². The van der Waals surface area contributed by atoms with Crippen molar-refractivity contribution in [2.45, 2.75) is 59.3 Å². The van der Waals surface area contributed by atoms with Crippen molar-refractivity contribution >= 4 is 0 Å². The van der Waals surface area contributed by atoms with E-state index in [1.165, 1.54) is 38.5 Å². The van der Waals surface area contributed by atoms with Gasteiger partial charge in [0.2, 0.25) is 0 Å². The standard InChI is InChI=1S/C11H22/c1-4-5-7-10-8-6-9-11(10,2)3/h10H,4-9H2,1-3H3. The molecule has 0 aromatic heterocycles. The molecule has 0 saturated heterocycles. The van der Waals surface area contributed by atoms with Crippen LogP contribution in [0.15, 0.2) is 0 Å². The summed E-state index contributed by atoms with van der Waals surface area (Å²) < 4.78 is 0. The van der Waals surface area contributed by atoms with Crippen molar-refractivity contribution in [3.63, 3.8) is 0 Å². The van der Waals surface area contributed by atoms with Gasteiger partial charge in [-0.05, 0) is 30.6 Å². The first-order chi connectivity index (χ1) is 5.17. The first kappa shape index (κ1) is 9.09. The van der Waals surface area contributed by atoms with Crippen molar-refractivity contribution in [1.29, 1.82) is 0 Å². The summed E-state index contributed by atoms with van der Waals surface area (Å²) in [6.45, 7) is 7.18. The second-order valence-electron chi connectivity index (χ2n) is 4.72. The van der Waals surface area contributed by atoms with Crippen LogP contribution in [0.1, 0.15) is 59.3 Å². The molecule has 66 valence electrons. The van der Waals surface area contributed by atoms with E-state index >= 15 is 0 Å². The van der Waals surface area contributed by atoms with Gasteiger partial charge < -0.3 is 0 Å². The second-order valence-corrected chi connectivity index (χ2v) is 4.72. The minimum atomic E-state index is 0.662. The predicted molar refractivity (Wildman–Crippen MR) is 50.6 cm³/mol. The molecule has 0 aromatic carbocycles. The molecule has 1 fully saturated rings. The van der Waals surface area contributed by atoms with Crippen LogP contribution in [0, 0.1) is 11.3 Å². The van der Waals surface area contributed by atoms with Crippen molar-refractivity contribution in [1.82, 2.24) is 0 Å².